The van der Waals surface area contributed by atoms with Crippen molar-refractivity contribution >= 4 is 50.7 Å². The second-order valence-corrected chi connectivity index (χ2v) is 17.7. The summed E-state index contributed by atoms with van der Waals surface area (Å²) in [6.07, 6.45) is 8.02. The fraction of sp³-hybridized carbons (Fsp3) is 0.538. The zero-order valence-corrected chi connectivity index (χ0v) is 31.8. The van der Waals surface area contributed by atoms with Crippen LogP contribution < -0.4 is 20.1 Å². The molecule has 53 heavy (non-hydrogen) atoms. The number of hydrogen-bond donors (Lipinski definition) is 3. The predicted octanol–water partition coefficient (Wildman–Crippen LogP) is 4.30. The van der Waals surface area contributed by atoms with E-state index in [-0.39, 0.29) is 26.0 Å². The fourth-order valence-electron chi connectivity index (χ4n) is 7.43. The Morgan fingerprint density at radius 1 is 1.08 bits per heavy atom. The first-order valence-corrected chi connectivity index (χ1v) is 19.7. The number of cyclic esters (lactones) is 1. The number of benzene rings is 2. The summed E-state index contributed by atoms with van der Waals surface area (Å²) in [6.45, 7) is 9.31. The van der Waals surface area contributed by atoms with Gasteiger partial charge in [-0.2, -0.15) is 0 Å². The Labute approximate surface area is 310 Å². The van der Waals surface area contributed by atoms with Gasteiger partial charge in [-0.05, 0) is 78.5 Å². The minimum Gasteiger partial charge on any atom is -0.496 e. The zero-order chi connectivity index (χ0) is 38.3. The molecule has 2 heterocycles. The summed E-state index contributed by atoms with van der Waals surface area (Å²) in [7, 11) is -0.762. The molecular weight excluding hydrogens is 701 g/mol. The van der Waals surface area contributed by atoms with E-state index < -0.39 is 73.6 Å². The van der Waals surface area contributed by atoms with E-state index in [9.17, 15) is 27.6 Å². The zero-order valence-electron chi connectivity index (χ0n) is 31.0. The van der Waals surface area contributed by atoms with Gasteiger partial charge in [-0.1, -0.05) is 51.1 Å². The van der Waals surface area contributed by atoms with Gasteiger partial charge in [0.05, 0.1) is 25.5 Å². The maximum atomic E-state index is 14.7. The summed E-state index contributed by atoms with van der Waals surface area (Å²) in [4.78, 5) is 57.3. The SMILES string of the molecule is C=C[C@@H]1C[C@]1(NC(=O)[C@@H]1C[C@]2(OC)CN1C(=O)[C@H](C(C)(C)C)NC(=O)OCCCCC=Cc1cc3cc2ccc3cc1OC)C(=O)NS(=O)(=O)C1CC1. The number of carbonyl (C=O) groups is 4. The summed E-state index contributed by atoms with van der Waals surface area (Å²) >= 11 is 0. The van der Waals surface area contributed by atoms with Gasteiger partial charge in [0.25, 0.3) is 5.91 Å². The molecule has 0 radical (unpaired) electrons. The number of nitrogens with zero attached hydrogens (tertiary/aromatic N) is 1. The van der Waals surface area contributed by atoms with E-state index in [4.69, 9.17) is 14.2 Å². The summed E-state index contributed by atoms with van der Waals surface area (Å²) < 4.78 is 45.1. The van der Waals surface area contributed by atoms with Crippen molar-refractivity contribution in [1.82, 2.24) is 20.3 Å². The number of alkyl carbamates (subject to hydrolysis) is 1. The average molecular weight is 751 g/mol. The topological polar surface area (TPSA) is 169 Å². The summed E-state index contributed by atoms with van der Waals surface area (Å²) in [6, 6.07) is 7.53. The summed E-state index contributed by atoms with van der Waals surface area (Å²) in [5.74, 6) is -1.84. The Kier molecular flexibility index (Phi) is 10.4. The second kappa shape index (κ2) is 14.4. The van der Waals surface area contributed by atoms with Crippen LogP contribution in [0.2, 0.25) is 0 Å². The van der Waals surface area contributed by atoms with Gasteiger partial charge in [-0.3, -0.25) is 19.1 Å². The van der Waals surface area contributed by atoms with Gasteiger partial charge in [-0.25, -0.2) is 13.2 Å². The van der Waals surface area contributed by atoms with Crippen molar-refractivity contribution in [1.29, 1.82) is 0 Å². The molecule has 3 N–H and O–H groups in total. The van der Waals surface area contributed by atoms with E-state index in [1.54, 1.807) is 27.9 Å². The molecule has 13 nitrogen and oxygen atoms in total. The highest BCUT2D eigenvalue weighted by Gasteiger charge is 2.62. The van der Waals surface area contributed by atoms with Crippen LogP contribution in [-0.4, -0.2) is 87.4 Å². The van der Waals surface area contributed by atoms with Gasteiger partial charge < -0.3 is 29.7 Å². The van der Waals surface area contributed by atoms with Gasteiger partial charge in [0.1, 0.15) is 29.0 Å². The lowest BCUT2D eigenvalue weighted by Crippen LogP contribution is -2.60. The molecule has 2 aromatic carbocycles. The minimum absolute atomic E-state index is 0.00757. The Morgan fingerprint density at radius 3 is 2.47 bits per heavy atom. The van der Waals surface area contributed by atoms with Crippen molar-refractivity contribution < 1.29 is 41.8 Å². The third-order valence-electron chi connectivity index (χ3n) is 10.9. The lowest BCUT2D eigenvalue weighted by Gasteiger charge is -2.36. The molecule has 0 unspecified atom stereocenters. The van der Waals surface area contributed by atoms with Crippen LogP contribution in [0.4, 0.5) is 4.79 Å². The Balaban J connectivity index is 1.42. The number of rotatable bonds is 8. The normalized spacial score (nSPS) is 28.0. The molecule has 3 fully saturated rings. The average Bonchev–Trinajstić information content (AvgIpc) is 4.05. The molecule has 4 aliphatic rings. The van der Waals surface area contributed by atoms with Crippen LogP contribution in [0.1, 0.15) is 76.8 Å². The quantitative estimate of drug-likeness (QED) is 0.333. The smallest absolute Gasteiger partial charge is 0.407 e. The molecule has 0 spiro atoms. The van der Waals surface area contributed by atoms with E-state index in [2.05, 4.69) is 28.0 Å². The van der Waals surface area contributed by atoms with E-state index in [1.807, 2.05) is 36.4 Å². The van der Waals surface area contributed by atoms with E-state index >= 15 is 0 Å². The highest BCUT2D eigenvalue weighted by atomic mass is 32.2. The molecule has 0 aromatic heterocycles. The molecule has 2 aliphatic heterocycles. The number of methoxy groups -OCH3 is 2. The molecule has 4 amide bonds. The summed E-state index contributed by atoms with van der Waals surface area (Å²) in [5, 5.41) is 6.77. The summed E-state index contributed by atoms with van der Waals surface area (Å²) in [5.41, 5.74) is -1.95. The van der Waals surface area contributed by atoms with E-state index in [1.165, 1.54) is 18.1 Å². The number of nitrogens with one attached hydrogen (secondary N) is 3. The standard InChI is InChI=1S/C39H50N4O9S/c1-7-27-21-39(27,35(46)42-53(48,49)29-15-16-29)41-33(44)30-22-38(51-6)23-43(30)34(45)32(37(2,3)4)40-36(47)52-17-11-9-8-10-12-25-18-26-19-28(38)14-13-24(26)20-31(25)50-5/h7,10,12-14,18-20,27,29-30,32H,1,8-9,11,15-17,21-23H2,2-6H3,(H,40,47)(H,41,44)(H,42,46)/t27-,30+,32-,38+,39-/m1/s1. The Bertz CT molecular complexity index is 1950. The van der Waals surface area contributed by atoms with Crippen molar-refractivity contribution in [3.63, 3.8) is 0 Å². The van der Waals surface area contributed by atoms with Crippen molar-refractivity contribution in [2.24, 2.45) is 11.3 Å². The Morgan fingerprint density at radius 2 is 1.83 bits per heavy atom. The molecule has 286 valence electrons. The largest absolute Gasteiger partial charge is 0.496 e. The first-order chi connectivity index (χ1) is 25.1. The highest BCUT2D eigenvalue weighted by Crippen LogP contribution is 2.47. The molecular formula is C39H50N4O9S. The van der Waals surface area contributed by atoms with E-state index in [0.717, 1.165) is 34.7 Å². The molecule has 1 saturated heterocycles. The van der Waals surface area contributed by atoms with Crippen molar-refractivity contribution in [2.45, 2.75) is 94.2 Å². The maximum Gasteiger partial charge on any atom is 0.407 e. The lowest BCUT2D eigenvalue weighted by molar-refractivity contribution is -0.143. The van der Waals surface area contributed by atoms with E-state index in [0.29, 0.717) is 25.0 Å². The number of hydrogen-bond acceptors (Lipinski definition) is 9. The predicted molar refractivity (Wildman–Crippen MR) is 199 cm³/mol. The number of sulfonamides is 1. The third kappa shape index (κ3) is 7.66. The first-order valence-electron chi connectivity index (χ1n) is 18.2. The third-order valence-corrected chi connectivity index (χ3v) is 12.8. The second-order valence-electron chi connectivity index (χ2n) is 15.7. The van der Waals surface area contributed by atoms with Gasteiger partial charge in [0.15, 0.2) is 0 Å². The maximum absolute atomic E-state index is 14.7. The van der Waals surface area contributed by atoms with Crippen LogP contribution in [0, 0.1) is 11.3 Å². The molecule has 2 aliphatic carbocycles. The van der Waals surface area contributed by atoms with Gasteiger partial charge >= 0.3 is 6.09 Å². The molecule has 5 bridgehead atoms. The van der Waals surface area contributed by atoms with Crippen LogP contribution in [0.25, 0.3) is 16.8 Å². The van der Waals surface area contributed by atoms with Gasteiger partial charge in [0, 0.05) is 25.0 Å². The van der Waals surface area contributed by atoms with Gasteiger partial charge in [0.2, 0.25) is 21.8 Å². The van der Waals surface area contributed by atoms with Crippen LogP contribution in [0.5, 0.6) is 5.75 Å². The monoisotopic (exact) mass is 750 g/mol. The highest BCUT2D eigenvalue weighted by molar-refractivity contribution is 7.91. The number of allylic oxidation sites excluding steroid dienone is 1. The van der Waals surface area contributed by atoms with Crippen LogP contribution in [-0.2, 0) is 39.5 Å². The first kappa shape index (κ1) is 38.3. The molecule has 2 aromatic rings. The van der Waals surface area contributed by atoms with Crippen molar-refractivity contribution in [3.05, 3.63) is 60.2 Å². The van der Waals surface area contributed by atoms with Gasteiger partial charge in [-0.15, -0.1) is 6.58 Å². The Hall–Kier alpha value is -4.43. The van der Waals surface area contributed by atoms with Crippen LogP contribution >= 0.6 is 0 Å². The molecule has 14 heteroatoms. The number of carbonyl (C=O) groups excluding carboxylic acids is 4. The minimum atomic E-state index is -3.90. The molecule has 6 rings (SSSR count). The molecule has 5 atom stereocenters. The van der Waals surface area contributed by atoms with Crippen molar-refractivity contribution in [3.8, 4) is 5.75 Å². The van der Waals surface area contributed by atoms with Crippen molar-refractivity contribution in [2.75, 3.05) is 27.4 Å². The van der Waals surface area contributed by atoms with Crippen LogP contribution in [0.15, 0.2) is 49.1 Å². The van der Waals surface area contributed by atoms with Crippen LogP contribution in [0.3, 0.4) is 0 Å². The number of ether oxygens (including phenoxy) is 3. The fourth-order valence-corrected chi connectivity index (χ4v) is 8.79. The molecule has 2 saturated carbocycles. The lowest BCUT2D eigenvalue weighted by atomic mass is 9.85. The number of amides is 4. The number of fused-ring (bicyclic) bond motifs is 5.